The maximum absolute atomic E-state index is 10.1. The van der Waals surface area contributed by atoms with E-state index in [0.717, 1.165) is 59.6 Å². The van der Waals surface area contributed by atoms with Gasteiger partial charge in [0.05, 0.1) is 0 Å². The molecule has 2 aliphatic rings. The van der Waals surface area contributed by atoms with Gasteiger partial charge >= 0.3 is 0 Å². The van der Waals surface area contributed by atoms with Crippen molar-refractivity contribution < 1.29 is 19.7 Å². The summed E-state index contributed by atoms with van der Waals surface area (Å²) >= 11 is 0. The molecule has 0 aliphatic carbocycles. The number of rotatable bonds is 6. The van der Waals surface area contributed by atoms with Gasteiger partial charge in [0.2, 0.25) is 0 Å². The van der Waals surface area contributed by atoms with Gasteiger partial charge in [0.1, 0.15) is 29.1 Å². The third-order valence-electron chi connectivity index (χ3n) is 6.86. The number of phenols is 2. The van der Waals surface area contributed by atoms with Crippen LogP contribution in [0.2, 0.25) is 0 Å². The summed E-state index contributed by atoms with van der Waals surface area (Å²) in [5, 5.41) is 19.9. The minimum atomic E-state index is -0.797. The van der Waals surface area contributed by atoms with Gasteiger partial charge < -0.3 is 19.7 Å². The van der Waals surface area contributed by atoms with Crippen molar-refractivity contribution in [1.82, 2.24) is 4.90 Å². The highest BCUT2D eigenvalue weighted by molar-refractivity contribution is 5.97. The summed E-state index contributed by atoms with van der Waals surface area (Å²) in [4.78, 5) is 2.40. The number of allylic oxidation sites excluding steroid dienone is 1. The number of phenolic OH excluding ortho intramolecular Hbond substituents is 2. The first-order valence-electron chi connectivity index (χ1n) is 11.9. The van der Waals surface area contributed by atoms with Crippen molar-refractivity contribution in [1.29, 1.82) is 0 Å². The predicted molar refractivity (Wildman–Crippen MR) is 134 cm³/mol. The zero-order valence-electron chi connectivity index (χ0n) is 19.9. The Morgan fingerprint density at radius 2 is 1.65 bits per heavy atom. The number of fused-ring (bicyclic) bond motifs is 1. The summed E-state index contributed by atoms with van der Waals surface area (Å²) in [6.45, 7) is 9.40. The Morgan fingerprint density at radius 1 is 0.971 bits per heavy atom. The molecule has 1 saturated heterocycles. The Morgan fingerprint density at radius 3 is 2.32 bits per heavy atom. The zero-order chi connectivity index (χ0) is 23.9. The van der Waals surface area contributed by atoms with Crippen LogP contribution >= 0.6 is 0 Å². The highest BCUT2D eigenvalue weighted by atomic mass is 16.5. The topological polar surface area (TPSA) is 62.2 Å². The zero-order valence-corrected chi connectivity index (χ0v) is 19.9. The van der Waals surface area contributed by atoms with Crippen molar-refractivity contribution in [2.75, 3.05) is 19.6 Å². The molecule has 0 aromatic heterocycles. The van der Waals surface area contributed by atoms with Crippen LogP contribution < -0.4 is 9.47 Å². The van der Waals surface area contributed by atoms with Crippen molar-refractivity contribution in [3.8, 4) is 23.0 Å². The summed E-state index contributed by atoms with van der Waals surface area (Å²) in [5.74, 6) is 1.90. The summed E-state index contributed by atoms with van der Waals surface area (Å²) in [5.41, 5.74) is 4.20. The highest BCUT2D eigenvalue weighted by Crippen LogP contribution is 2.51. The lowest BCUT2D eigenvalue weighted by atomic mass is 9.77. The number of aromatic hydroxyl groups is 2. The van der Waals surface area contributed by atoms with Crippen molar-refractivity contribution in [2.24, 2.45) is 0 Å². The normalized spacial score (nSPS) is 20.4. The Labute approximate surface area is 200 Å². The second kappa shape index (κ2) is 8.73. The fourth-order valence-corrected chi connectivity index (χ4v) is 5.13. The molecule has 0 radical (unpaired) electrons. The van der Waals surface area contributed by atoms with Crippen molar-refractivity contribution in [3.05, 3.63) is 83.4 Å². The standard InChI is InChI=1S/C29H31NO4/c1-4-15-30-17-25(18-30)33-24-12-7-21(8-13-24)29(3)28(20-5-9-22(31)10-6-20)19(2)26-14-11-23(32)16-27(26)34-29/h5-14,16,25,31-32H,4,15,17-18H2,1-3H3/t29-/m0/s1. The van der Waals surface area contributed by atoms with Crippen LogP contribution in [-0.4, -0.2) is 40.9 Å². The second-order valence-electron chi connectivity index (χ2n) is 9.39. The van der Waals surface area contributed by atoms with E-state index in [1.807, 2.05) is 30.3 Å². The molecule has 5 nitrogen and oxygen atoms in total. The van der Waals surface area contributed by atoms with E-state index < -0.39 is 5.60 Å². The minimum absolute atomic E-state index is 0.170. The maximum Gasteiger partial charge on any atom is 0.157 e. The Kier molecular flexibility index (Phi) is 5.74. The molecule has 0 saturated carbocycles. The summed E-state index contributed by atoms with van der Waals surface area (Å²) < 4.78 is 12.8. The molecule has 5 heteroatoms. The molecule has 34 heavy (non-hydrogen) atoms. The Hall–Kier alpha value is -3.44. The molecule has 3 aromatic rings. The Balaban J connectivity index is 1.49. The van der Waals surface area contributed by atoms with Gasteiger partial charge in [-0.25, -0.2) is 0 Å². The van der Waals surface area contributed by atoms with Crippen LogP contribution in [0.5, 0.6) is 23.0 Å². The number of hydrogen-bond acceptors (Lipinski definition) is 5. The number of hydrogen-bond donors (Lipinski definition) is 2. The maximum atomic E-state index is 10.1. The first-order chi connectivity index (χ1) is 16.4. The minimum Gasteiger partial charge on any atom is -0.508 e. The van der Waals surface area contributed by atoms with Gasteiger partial charge in [0.15, 0.2) is 5.60 Å². The van der Waals surface area contributed by atoms with Crippen LogP contribution in [-0.2, 0) is 5.60 Å². The molecular weight excluding hydrogens is 426 g/mol. The van der Waals surface area contributed by atoms with E-state index in [1.165, 1.54) is 0 Å². The molecule has 1 fully saturated rings. The first-order valence-corrected chi connectivity index (χ1v) is 11.9. The van der Waals surface area contributed by atoms with Crippen molar-refractivity contribution in [3.63, 3.8) is 0 Å². The molecule has 0 spiro atoms. The third-order valence-corrected chi connectivity index (χ3v) is 6.86. The molecule has 0 unspecified atom stereocenters. The summed E-state index contributed by atoms with van der Waals surface area (Å²) in [6.07, 6.45) is 1.40. The monoisotopic (exact) mass is 457 g/mol. The van der Waals surface area contributed by atoms with E-state index in [0.29, 0.717) is 5.75 Å². The first kappa shape index (κ1) is 22.4. The fourth-order valence-electron chi connectivity index (χ4n) is 5.13. The quantitative estimate of drug-likeness (QED) is 0.489. The third kappa shape index (κ3) is 4.01. The Bertz CT molecular complexity index is 1210. The molecule has 2 aliphatic heterocycles. The molecule has 2 N–H and O–H groups in total. The highest BCUT2D eigenvalue weighted by Gasteiger charge is 2.40. The van der Waals surface area contributed by atoms with Gasteiger partial charge in [-0.3, -0.25) is 4.90 Å². The lowest BCUT2D eigenvalue weighted by Crippen LogP contribution is -2.53. The molecule has 3 aromatic carbocycles. The van der Waals surface area contributed by atoms with Crippen LogP contribution in [0.4, 0.5) is 0 Å². The van der Waals surface area contributed by atoms with Crippen LogP contribution in [0.15, 0.2) is 66.7 Å². The summed E-state index contributed by atoms with van der Waals surface area (Å²) in [6, 6.07) is 20.6. The van der Waals surface area contributed by atoms with Crippen LogP contribution in [0.25, 0.3) is 11.1 Å². The van der Waals surface area contributed by atoms with Gasteiger partial charge in [-0.2, -0.15) is 0 Å². The molecule has 0 amide bonds. The predicted octanol–water partition coefficient (Wildman–Crippen LogP) is 5.81. The molecule has 176 valence electrons. The average Bonchev–Trinajstić information content (AvgIpc) is 2.79. The number of nitrogens with zero attached hydrogens (tertiary/aromatic N) is 1. The molecule has 5 rings (SSSR count). The van der Waals surface area contributed by atoms with Crippen LogP contribution in [0.3, 0.4) is 0 Å². The van der Waals surface area contributed by atoms with Gasteiger partial charge in [0.25, 0.3) is 0 Å². The number of benzene rings is 3. The van der Waals surface area contributed by atoms with Crippen molar-refractivity contribution in [2.45, 2.75) is 38.9 Å². The summed E-state index contributed by atoms with van der Waals surface area (Å²) in [7, 11) is 0. The van der Waals surface area contributed by atoms with Crippen LogP contribution in [0.1, 0.15) is 43.9 Å². The van der Waals surface area contributed by atoms with E-state index in [2.05, 4.69) is 37.8 Å². The van der Waals surface area contributed by atoms with Gasteiger partial charge in [-0.1, -0.05) is 31.2 Å². The molecule has 1 atom stereocenters. The van der Waals surface area contributed by atoms with Gasteiger partial charge in [-0.05, 0) is 79.9 Å². The second-order valence-corrected chi connectivity index (χ2v) is 9.39. The molecular formula is C29H31NO4. The van der Waals surface area contributed by atoms with E-state index >= 15 is 0 Å². The van der Waals surface area contributed by atoms with Crippen molar-refractivity contribution >= 4 is 11.1 Å². The molecule has 2 heterocycles. The van der Waals surface area contributed by atoms with E-state index in [1.54, 1.807) is 24.3 Å². The lowest BCUT2D eigenvalue weighted by molar-refractivity contribution is 0.0202. The van der Waals surface area contributed by atoms with Gasteiger partial charge in [-0.15, -0.1) is 0 Å². The lowest BCUT2D eigenvalue weighted by Gasteiger charge is -2.40. The van der Waals surface area contributed by atoms with Crippen LogP contribution in [0, 0.1) is 0 Å². The van der Waals surface area contributed by atoms with E-state index in [9.17, 15) is 10.2 Å². The van der Waals surface area contributed by atoms with Gasteiger partial charge in [0, 0.05) is 30.3 Å². The average molecular weight is 458 g/mol. The van der Waals surface area contributed by atoms with E-state index in [-0.39, 0.29) is 17.6 Å². The smallest absolute Gasteiger partial charge is 0.157 e. The fraction of sp³-hybridized carbons (Fsp3) is 0.310. The van der Waals surface area contributed by atoms with E-state index in [4.69, 9.17) is 9.47 Å². The number of likely N-dealkylation sites (tertiary alicyclic amines) is 1. The number of ether oxygens (including phenoxy) is 2. The SMILES string of the molecule is CCCN1CC(Oc2ccc([C@]3(C)Oc4cc(O)ccc4C(C)=C3c3ccc(O)cc3)cc2)C1. The largest absolute Gasteiger partial charge is 0.508 e. The molecule has 0 bridgehead atoms.